The van der Waals surface area contributed by atoms with Crippen LogP contribution in [0.3, 0.4) is 0 Å². The summed E-state index contributed by atoms with van der Waals surface area (Å²) >= 11 is 0. The second-order valence-electron chi connectivity index (χ2n) is 5.05. The largest absolute Gasteiger partial charge is 0.493 e. The van der Waals surface area contributed by atoms with E-state index in [0.717, 1.165) is 44.1 Å². The van der Waals surface area contributed by atoms with Gasteiger partial charge in [-0.25, -0.2) is 0 Å². The predicted molar refractivity (Wildman–Crippen MR) is 96.1 cm³/mol. The van der Waals surface area contributed by atoms with E-state index < -0.39 is 0 Å². The number of halogens is 2. The maximum absolute atomic E-state index is 5.59. The first-order valence-corrected chi connectivity index (χ1v) is 7.55. The van der Waals surface area contributed by atoms with Crippen molar-refractivity contribution in [3.63, 3.8) is 0 Å². The molecule has 128 valence electrons. The third kappa shape index (κ3) is 5.20. The smallest absolute Gasteiger partial charge is 0.161 e. The molecule has 1 aliphatic rings. The van der Waals surface area contributed by atoms with E-state index in [-0.39, 0.29) is 24.8 Å². The molecule has 1 N–H and O–H groups in total. The van der Waals surface area contributed by atoms with Crippen LogP contribution >= 0.6 is 24.8 Å². The SMILES string of the molecule is CCOc1ccc([C@H](CC)N2CCNCC2)cc1OC.Cl.Cl. The van der Waals surface area contributed by atoms with Crippen molar-refractivity contribution in [3.8, 4) is 11.5 Å². The molecule has 1 atom stereocenters. The lowest BCUT2D eigenvalue weighted by Gasteiger charge is -2.35. The van der Waals surface area contributed by atoms with Crippen molar-refractivity contribution in [2.75, 3.05) is 39.9 Å². The fourth-order valence-electron chi connectivity index (χ4n) is 2.86. The standard InChI is InChI=1S/C16H26N2O2.2ClH/c1-4-14(18-10-8-17-9-11-18)13-6-7-15(20-5-2)16(12-13)19-3;;/h6-7,12,14,17H,4-5,8-11H2,1-3H3;2*1H/t14-;;/m0../s1. The number of hydrogen-bond donors (Lipinski definition) is 1. The van der Waals surface area contributed by atoms with Crippen LogP contribution in [0.15, 0.2) is 18.2 Å². The van der Waals surface area contributed by atoms with Gasteiger partial charge in [-0.1, -0.05) is 13.0 Å². The van der Waals surface area contributed by atoms with Gasteiger partial charge in [0, 0.05) is 32.2 Å². The van der Waals surface area contributed by atoms with Crippen LogP contribution in [0.5, 0.6) is 11.5 Å². The first-order valence-electron chi connectivity index (χ1n) is 7.55. The third-order valence-electron chi connectivity index (χ3n) is 3.85. The fraction of sp³-hybridized carbons (Fsp3) is 0.625. The van der Waals surface area contributed by atoms with E-state index in [0.29, 0.717) is 12.6 Å². The van der Waals surface area contributed by atoms with Gasteiger partial charge in [-0.05, 0) is 31.0 Å². The molecule has 1 aromatic rings. The number of piperazine rings is 1. The summed E-state index contributed by atoms with van der Waals surface area (Å²) in [6, 6.07) is 6.79. The molecular formula is C16H28Cl2N2O2. The molecule has 0 amide bonds. The molecule has 0 unspecified atom stereocenters. The predicted octanol–water partition coefficient (Wildman–Crippen LogP) is 3.29. The van der Waals surface area contributed by atoms with E-state index in [1.807, 2.05) is 13.0 Å². The van der Waals surface area contributed by atoms with E-state index >= 15 is 0 Å². The highest BCUT2D eigenvalue weighted by Gasteiger charge is 2.21. The zero-order chi connectivity index (χ0) is 14.4. The van der Waals surface area contributed by atoms with Crippen molar-refractivity contribution in [1.82, 2.24) is 10.2 Å². The topological polar surface area (TPSA) is 33.7 Å². The van der Waals surface area contributed by atoms with Crippen LogP contribution in [0, 0.1) is 0 Å². The molecule has 0 spiro atoms. The molecule has 0 radical (unpaired) electrons. The van der Waals surface area contributed by atoms with E-state index in [9.17, 15) is 0 Å². The Morgan fingerprint density at radius 1 is 1.14 bits per heavy atom. The fourth-order valence-corrected chi connectivity index (χ4v) is 2.86. The van der Waals surface area contributed by atoms with Gasteiger partial charge in [-0.2, -0.15) is 0 Å². The molecule has 1 aromatic carbocycles. The van der Waals surface area contributed by atoms with Gasteiger partial charge in [0.2, 0.25) is 0 Å². The van der Waals surface area contributed by atoms with Crippen LogP contribution < -0.4 is 14.8 Å². The van der Waals surface area contributed by atoms with E-state index in [4.69, 9.17) is 9.47 Å². The molecule has 1 aliphatic heterocycles. The summed E-state index contributed by atoms with van der Waals surface area (Å²) in [7, 11) is 1.70. The Morgan fingerprint density at radius 2 is 1.82 bits per heavy atom. The summed E-state index contributed by atoms with van der Waals surface area (Å²) in [5.41, 5.74) is 1.31. The van der Waals surface area contributed by atoms with E-state index in [1.165, 1.54) is 5.56 Å². The van der Waals surface area contributed by atoms with Crippen molar-refractivity contribution in [2.45, 2.75) is 26.3 Å². The summed E-state index contributed by atoms with van der Waals surface area (Å²) in [6.45, 7) is 9.25. The zero-order valence-electron chi connectivity index (χ0n) is 13.6. The lowest BCUT2D eigenvalue weighted by molar-refractivity contribution is 0.169. The number of methoxy groups -OCH3 is 1. The molecule has 1 fully saturated rings. The van der Waals surface area contributed by atoms with Crippen LogP contribution in [0.2, 0.25) is 0 Å². The van der Waals surface area contributed by atoms with Gasteiger partial charge in [-0.15, -0.1) is 24.8 Å². The average Bonchev–Trinajstić information content (AvgIpc) is 2.50. The number of nitrogens with zero attached hydrogens (tertiary/aromatic N) is 1. The monoisotopic (exact) mass is 350 g/mol. The Labute approximate surface area is 146 Å². The Bertz CT molecular complexity index is 427. The van der Waals surface area contributed by atoms with Crippen molar-refractivity contribution in [2.24, 2.45) is 0 Å². The van der Waals surface area contributed by atoms with Crippen molar-refractivity contribution in [1.29, 1.82) is 0 Å². The highest BCUT2D eigenvalue weighted by atomic mass is 35.5. The number of benzene rings is 1. The summed E-state index contributed by atoms with van der Waals surface area (Å²) in [6.07, 6.45) is 1.11. The van der Waals surface area contributed by atoms with Crippen molar-refractivity contribution < 1.29 is 9.47 Å². The van der Waals surface area contributed by atoms with Crippen LogP contribution in [0.25, 0.3) is 0 Å². The number of nitrogens with one attached hydrogen (secondary N) is 1. The Morgan fingerprint density at radius 3 is 2.36 bits per heavy atom. The molecular weight excluding hydrogens is 323 g/mol. The second-order valence-corrected chi connectivity index (χ2v) is 5.05. The maximum Gasteiger partial charge on any atom is 0.161 e. The third-order valence-corrected chi connectivity index (χ3v) is 3.85. The number of ether oxygens (including phenoxy) is 2. The molecule has 1 saturated heterocycles. The molecule has 2 rings (SSSR count). The summed E-state index contributed by atoms with van der Waals surface area (Å²) in [5, 5.41) is 3.41. The molecule has 22 heavy (non-hydrogen) atoms. The van der Waals surface area contributed by atoms with Gasteiger partial charge >= 0.3 is 0 Å². The summed E-state index contributed by atoms with van der Waals surface area (Å²) < 4.78 is 11.1. The number of hydrogen-bond acceptors (Lipinski definition) is 4. The van der Waals surface area contributed by atoms with E-state index in [1.54, 1.807) is 7.11 Å². The molecule has 0 aliphatic carbocycles. The van der Waals surface area contributed by atoms with Crippen LogP contribution in [-0.4, -0.2) is 44.8 Å². The average molecular weight is 351 g/mol. The van der Waals surface area contributed by atoms with Crippen molar-refractivity contribution in [3.05, 3.63) is 23.8 Å². The maximum atomic E-state index is 5.59. The Hall–Kier alpha value is -0.680. The van der Waals surface area contributed by atoms with Gasteiger partial charge in [0.25, 0.3) is 0 Å². The first-order chi connectivity index (χ1) is 9.80. The lowest BCUT2D eigenvalue weighted by atomic mass is 10.0. The molecule has 6 heteroatoms. The van der Waals surface area contributed by atoms with Crippen molar-refractivity contribution >= 4 is 24.8 Å². The van der Waals surface area contributed by atoms with E-state index in [2.05, 4.69) is 29.3 Å². The number of rotatable bonds is 6. The highest BCUT2D eigenvalue weighted by Crippen LogP contribution is 2.33. The normalized spacial score (nSPS) is 16.1. The minimum atomic E-state index is 0. The molecule has 0 bridgehead atoms. The first kappa shape index (κ1) is 21.3. The minimum Gasteiger partial charge on any atom is -0.493 e. The van der Waals surface area contributed by atoms with Gasteiger partial charge < -0.3 is 14.8 Å². The molecule has 4 nitrogen and oxygen atoms in total. The Kier molecular flexibility index (Phi) is 10.6. The Balaban J connectivity index is 0.00000220. The quantitative estimate of drug-likeness (QED) is 0.853. The molecule has 1 heterocycles. The second kappa shape index (κ2) is 10.9. The minimum absolute atomic E-state index is 0. The van der Waals surface area contributed by atoms with Gasteiger partial charge in [0.1, 0.15) is 0 Å². The summed E-state index contributed by atoms with van der Waals surface area (Å²) in [4.78, 5) is 2.55. The van der Waals surface area contributed by atoms with Crippen LogP contribution in [0.4, 0.5) is 0 Å². The summed E-state index contributed by atoms with van der Waals surface area (Å²) in [5.74, 6) is 1.66. The van der Waals surface area contributed by atoms with Gasteiger partial charge in [0.05, 0.1) is 13.7 Å². The van der Waals surface area contributed by atoms with Gasteiger partial charge in [-0.3, -0.25) is 4.90 Å². The van der Waals surface area contributed by atoms with Crippen LogP contribution in [-0.2, 0) is 0 Å². The molecule has 0 aromatic heterocycles. The van der Waals surface area contributed by atoms with Crippen LogP contribution in [0.1, 0.15) is 31.9 Å². The zero-order valence-corrected chi connectivity index (χ0v) is 15.3. The highest BCUT2D eigenvalue weighted by molar-refractivity contribution is 5.85. The molecule has 0 saturated carbocycles. The lowest BCUT2D eigenvalue weighted by Crippen LogP contribution is -2.45. The van der Waals surface area contributed by atoms with Gasteiger partial charge in [0.15, 0.2) is 11.5 Å².